The van der Waals surface area contributed by atoms with Gasteiger partial charge in [0.05, 0.1) is 5.69 Å². The van der Waals surface area contributed by atoms with Crippen molar-refractivity contribution in [1.82, 2.24) is 0 Å². The zero-order valence-electron chi connectivity index (χ0n) is 27.2. The highest BCUT2D eigenvalue weighted by molar-refractivity contribution is 5.99. The maximum Gasteiger partial charge on any atom is 0.0543 e. The summed E-state index contributed by atoms with van der Waals surface area (Å²) in [4.78, 5) is 2.44. The van der Waals surface area contributed by atoms with Crippen LogP contribution in [0.4, 0.5) is 17.1 Å². The van der Waals surface area contributed by atoms with Gasteiger partial charge in [-0.15, -0.1) is 0 Å². The monoisotopic (exact) mass is 613 g/mol. The lowest BCUT2D eigenvalue weighted by Crippen LogP contribution is -2.16. The van der Waals surface area contributed by atoms with Crippen molar-refractivity contribution in [3.05, 3.63) is 187 Å². The van der Waals surface area contributed by atoms with Crippen molar-refractivity contribution >= 4 is 38.6 Å². The van der Waals surface area contributed by atoms with Crippen LogP contribution in [0.15, 0.2) is 176 Å². The molecule has 0 heterocycles. The standard InChI is InChI=1S/C47H35N/c1-47(2)43-21-8-7-18-42(43)46-44(47)22-11-23-45(46)48(36-28-24-34(25-29-36)40-19-9-14-32-12-3-5-16-38(32)40)37-30-26-35(27-31-37)41-20-10-15-33-13-4-6-17-39(33)41/h3-31H,1-2H3. The first-order valence-electron chi connectivity index (χ1n) is 16.8. The first kappa shape index (κ1) is 28.3. The summed E-state index contributed by atoms with van der Waals surface area (Å²) in [6.07, 6.45) is 0. The molecule has 1 aliphatic carbocycles. The van der Waals surface area contributed by atoms with Crippen molar-refractivity contribution in [2.24, 2.45) is 0 Å². The summed E-state index contributed by atoms with van der Waals surface area (Å²) in [7, 11) is 0. The topological polar surface area (TPSA) is 3.24 Å². The van der Waals surface area contributed by atoms with E-state index in [-0.39, 0.29) is 5.41 Å². The fraction of sp³-hybridized carbons (Fsp3) is 0.0638. The number of nitrogens with zero attached hydrogens (tertiary/aromatic N) is 1. The van der Waals surface area contributed by atoms with Crippen molar-refractivity contribution in [1.29, 1.82) is 0 Å². The Morgan fingerprint density at radius 2 is 0.812 bits per heavy atom. The summed E-state index contributed by atoms with van der Waals surface area (Å²) in [6.45, 7) is 4.70. The average Bonchev–Trinajstić information content (AvgIpc) is 3.38. The summed E-state index contributed by atoms with van der Waals surface area (Å²) in [6, 6.07) is 64.4. The van der Waals surface area contributed by atoms with Crippen LogP contribution in [0.5, 0.6) is 0 Å². The van der Waals surface area contributed by atoms with Gasteiger partial charge >= 0.3 is 0 Å². The Hall–Kier alpha value is -5.92. The van der Waals surface area contributed by atoms with Crippen LogP contribution in [-0.4, -0.2) is 0 Å². The second-order valence-electron chi connectivity index (χ2n) is 13.4. The molecule has 0 spiro atoms. The van der Waals surface area contributed by atoms with Crippen LogP contribution in [-0.2, 0) is 5.41 Å². The molecular formula is C47H35N. The van der Waals surface area contributed by atoms with E-state index < -0.39 is 0 Å². The first-order valence-corrected chi connectivity index (χ1v) is 16.8. The van der Waals surface area contributed by atoms with Crippen LogP contribution in [0.2, 0.25) is 0 Å². The van der Waals surface area contributed by atoms with Gasteiger partial charge in [0.1, 0.15) is 0 Å². The predicted molar refractivity (Wildman–Crippen MR) is 205 cm³/mol. The lowest BCUT2D eigenvalue weighted by Gasteiger charge is -2.29. The Bertz CT molecular complexity index is 2330. The van der Waals surface area contributed by atoms with Crippen LogP contribution in [0, 0.1) is 0 Å². The third-order valence-corrected chi connectivity index (χ3v) is 10.3. The molecule has 0 radical (unpaired) electrons. The molecule has 1 aliphatic rings. The number of fused-ring (bicyclic) bond motifs is 5. The second kappa shape index (κ2) is 11.1. The van der Waals surface area contributed by atoms with Crippen LogP contribution in [0.25, 0.3) is 54.9 Å². The van der Waals surface area contributed by atoms with Gasteiger partial charge in [-0.3, -0.25) is 0 Å². The number of benzene rings is 8. The maximum absolute atomic E-state index is 2.44. The van der Waals surface area contributed by atoms with Crippen LogP contribution in [0.3, 0.4) is 0 Å². The Morgan fingerprint density at radius 3 is 1.40 bits per heavy atom. The van der Waals surface area contributed by atoms with E-state index in [1.54, 1.807) is 0 Å². The van der Waals surface area contributed by atoms with Gasteiger partial charge in [-0.1, -0.05) is 159 Å². The van der Waals surface area contributed by atoms with E-state index in [0.717, 1.165) is 11.4 Å². The molecule has 9 rings (SSSR count). The lowest BCUT2D eigenvalue weighted by molar-refractivity contribution is 0.660. The molecule has 0 saturated carbocycles. The molecule has 0 atom stereocenters. The van der Waals surface area contributed by atoms with E-state index in [1.807, 2.05) is 0 Å². The third-order valence-electron chi connectivity index (χ3n) is 10.3. The SMILES string of the molecule is CC1(C)c2ccccc2-c2c(N(c3ccc(-c4cccc5ccccc45)cc3)c3ccc(-c4cccc5ccccc45)cc3)cccc21. The molecule has 228 valence electrons. The highest BCUT2D eigenvalue weighted by Crippen LogP contribution is 2.54. The minimum absolute atomic E-state index is 0.0793. The highest BCUT2D eigenvalue weighted by Gasteiger charge is 2.37. The maximum atomic E-state index is 2.44. The molecule has 0 aromatic heterocycles. The fourth-order valence-corrected chi connectivity index (χ4v) is 7.88. The quantitative estimate of drug-likeness (QED) is 0.187. The fourth-order valence-electron chi connectivity index (χ4n) is 7.88. The van der Waals surface area contributed by atoms with Gasteiger partial charge in [0.2, 0.25) is 0 Å². The summed E-state index contributed by atoms with van der Waals surface area (Å²) in [5, 5.41) is 5.06. The zero-order chi connectivity index (χ0) is 32.2. The van der Waals surface area contributed by atoms with Gasteiger partial charge in [0.15, 0.2) is 0 Å². The van der Waals surface area contributed by atoms with Gasteiger partial charge in [-0.05, 0) is 90.8 Å². The van der Waals surface area contributed by atoms with E-state index in [2.05, 4.69) is 195 Å². The van der Waals surface area contributed by atoms with Crippen LogP contribution >= 0.6 is 0 Å². The number of hydrogen-bond acceptors (Lipinski definition) is 1. The Kier molecular flexibility index (Phi) is 6.55. The molecule has 48 heavy (non-hydrogen) atoms. The zero-order valence-corrected chi connectivity index (χ0v) is 27.2. The third kappa shape index (κ3) is 4.47. The molecule has 0 bridgehead atoms. The molecule has 0 N–H and O–H groups in total. The van der Waals surface area contributed by atoms with Gasteiger partial charge in [0, 0.05) is 22.4 Å². The van der Waals surface area contributed by atoms with E-state index >= 15 is 0 Å². The molecule has 0 aliphatic heterocycles. The average molecular weight is 614 g/mol. The Morgan fingerprint density at radius 1 is 0.375 bits per heavy atom. The summed E-state index contributed by atoms with van der Waals surface area (Å²) < 4.78 is 0. The van der Waals surface area contributed by atoms with Gasteiger partial charge in [0.25, 0.3) is 0 Å². The second-order valence-corrected chi connectivity index (χ2v) is 13.4. The van der Waals surface area contributed by atoms with Gasteiger partial charge in [-0.25, -0.2) is 0 Å². The Balaban J connectivity index is 1.21. The smallest absolute Gasteiger partial charge is 0.0543 e. The summed E-state index contributed by atoms with van der Waals surface area (Å²) >= 11 is 0. The molecular weight excluding hydrogens is 579 g/mol. The first-order chi connectivity index (χ1) is 23.6. The number of anilines is 3. The molecule has 0 unspecified atom stereocenters. The molecule has 0 fully saturated rings. The number of rotatable bonds is 5. The van der Waals surface area contributed by atoms with Crippen molar-refractivity contribution in [3.63, 3.8) is 0 Å². The van der Waals surface area contributed by atoms with E-state index in [1.165, 1.54) is 71.7 Å². The Labute approximate surface area is 282 Å². The van der Waals surface area contributed by atoms with E-state index in [0.29, 0.717) is 0 Å². The van der Waals surface area contributed by atoms with Crippen molar-refractivity contribution in [2.45, 2.75) is 19.3 Å². The van der Waals surface area contributed by atoms with Crippen LogP contribution in [0.1, 0.15) is 25.0 Å². The van der Waals surface area contributed by atoms with Gasteiger partial charge < -0.3 is 4.90 Å². The molecule has 8 aromatic carbocycles. The van der Waals surface area contributed by atoms with Crippen molar-refractivity contribution < 1.29 is 0 Å². The normalized spacial score (nSPS) is 13.0. The number of hydrogen-bond donors (Lipinski definition) is 0. The summed E-state index contributed by atoms with van der Waals surface area (Å²) in [5.41, 5.74) is 13.7. The molecule has 8 aromatic rings. The largest absolute Gasteiger partial charge is 0.310 e. The minimum Gasteiger partial charge on any atom is -0.310 e. The molecule has 1 heteroatoms. The van der Waals surface area contributed by atoms with E-state index in [4.69, 9.17) is 0 Å². The highest BCUT2D eigenvalue weighted by atomic mass is 15.1. The predicted octanol–water partition coefficient (Wildman–Crippen LogP) is 13.1. The van der Waals surface area contributed by atoms with Crippen molar-refractivity contribution in [2.75, 3.05) is 4.90 Å². The van der Waals surface area contributed by atoms with Crippen molar-refractivity contribution in [3.8, 4) is 33.4 Å². The van der Waals surface area contributed by atoms with E-state index in [9.17, 15) is 0 Å². The van der Waals surface area contributed by atoms with Crippen LogP contribution < -0.4 is 4.90 Å². The molecule has 0 amide bonds. The molecule has 1 nitrogen and oxygen atoms in total. The minimum atomic E-state index is -0.0793. The lowest BCUT2D eigenvalue weighted by atomic mass is 9.82. The molecule has 0 saturated heterocycles. The van der Waals surface area contributed by atoms with Gasteiger partial charge in [-0.2, -0.15) is 0 Å². The summed E-state index contributed by atoms with van der Waals surface area (Å²) in [5.74, 6) is 0.